The SMILES string of the molecule is COC1(NC(=O)C(O)c2ccccc2)C(=O)N2C(C(=O)O)=C(CSc3nnnn3C)CS[C@@H]21. The fraction of sp³-hybridized carbons (Fsp3) is 0.368. The van der Waals surface area contributed by atoms with Crippen molar-refractivity contribution in [2.75, 3.05) is 18.6 Å². The van der Waals surface area contributed by atoms with Crippen molar-refractivity contribution in [1.29, 1.82) is 0 Å². The molecule has 2 amide bonds. The molecule has 2 aromatic rings. The molecule has 2 unspecified atom stereocenters. The van der Waals surface area contributed by atoms with Gasteiger partial charge in [0.2, 0.25) is 5.16 Å². The van der Waals surface area contributed by atoms with Crippen molar-refractivity contribution in [3.05, 3.63) is 47.2 Å². The zero-order valence-electron chi connectivity index (χ0n) is 17.5. The smallest absolute Gasteiger partial charge is 0.352 e. The van der Waals surface area contributed by atoms with Gasteiger partial charge in [0.15, 0.2) is 6.10 Å². The highest BCUT2D eigenvalue weighted by Crippen LogP contribution is 2.47. The summed E-state index contributed by atoms with van der Waals surface area (Å²) in [5.41, 5.74) is -1.07. The molecule has 14 heteroatoms. The minimum atomic E-state index is -1.79. The molecule has 3 atom stereocenters. The maximum atomic E-state index is 13.1. The van der Waals surface area contributed by atoms with Crippen LogP contribution in [0.1, 0.15) is 11.7 Å². The summed E-state index contributed by atoms with van der Waals surface area (Å²) in [5, 5.41) is 33.6. The van der Waals surface area contributed by atoms with Crippen LogP contribution < -0.4 is 5.32 Å². The highest BCUT2D eigenvalue weighted by atomic mass is 32.2. The van der Waals surface area contributed by atoms with Gasteiger partial charge in [-0.1, -0.05) is 42.1 Å². The van der Waals surface area contributed by atoms with Gasteiger partial charge in [-0.05, 0) is 21.6 Å². The zero-order chi connectivity index (χ0) is 23.8. The summed E-state index contributed by atoms with van der Waals surface area (Å²) in [5.74, 6) is -2.26. The first kappa shape index (κ1) is 23.2. The van der Waals surface area contributed by atoms with Crippen LogP contribution in [-0.4, -0.2) is 82.8 Å². The number of methoxy groups -OCH3 is 1. The molecular weight excluding hydrogens is 472 g/mol. The number of carbonyl (C=O) groups excluding carboxylic acids is 2. The maximum Gasteiger partial charge on any atom is 0.352 e. The molecule has 0 saturated carbocycles. The molecule has 3 N–H and O–H groups in total. The molecule has 1 saturated heterocycles. The summed E-state index contributed by atoms with van der Waals surface area (Å²) >= 11 is 2.51. The van der Waals surface area contributed by atoms with Crippen LogP contribution in [-0.2, 0) is 26.2 Å². The molecule has 4 rings (SSSR count). The number of carboxylic acids is 1. The molecule has 174 valence electrons. The second-order valence-electron chi connectivity index (χ2n) is 7.21. The van der Waals surface area contributed by atoms with E-state index in [1.54, 1.807) is 37.4 Å². The quantitative estimate of drug-likeness (QED) is 0.253. The lowest BCUT2D eigenvalue weighted by molar-refractivity contribution is -0.193. The highest BCUT2D eigenvalue weighted by Gasteiger charge is 2.66. The Hall–Kier alpha value is -2.94. The van der Waals surface area contributed by atoms with Crippen molar-refractivity contribution < 1.29 is 29.3 Å². The number of nitrogens with zero attached hydrogens (tertiary/aromatic N) is 5. The van der Waals surface area contributed by atoms with Crippen LogP contribution in [0.25, 0.3) is 0 Å². The Bertz CT molecular complexity index is 1120. The standard InChI is InChI=1S/C19H20N6O6S2/c1-24-18(21-22-23-24)33-9-11-8-32-17-19(31-2,16(30)25(17)12(11)15(28)29)20-14(27)13(26)10-6-4-3-5-7-10/h3-7,13,17,26H,8-9H2,1-2H3,(H,20,27)(H,28,29)/t13?,17-,19?/m1/s1. The van der Waals surface area contributed by atoms with E-state index in [1.807, 2.05) is 0 Å². The summed E-state index contributed by atoms with van der Waals surface area (Å²) < 4.78 is 6.87. The van der Waals surface area contributed by atoms with Crippen molar-refractivity contribution >= 4 is 41.3 Å². The fourth-order valence-electron chi connectivity index (χ4n) is 3.59. The van der Waals surface area contributed by atoms with Crippen molar-refractivity contribution in [3.63, 3.8) is 0 Å². The number of tetrazole rings is 1. The first-order chi connectivity index (χ1) is 15.8. The molecule has 12 nitrogen and oxygen atoms in total. The number of aromatic nitrogens is 4. The fourth-order valence-corrected chi connectivity index (χ4v) is 6.02. The van der Waals surface area contributed by atoms with E-state index in [2.05, 4.69) is 20.8 Å². The summed E-state index contributed by atoms with van der Waals surface area (Å²) in [7, 11) is 2.92. The number of aryl methyl sites for hydroxylation is 1. The van der Waals surface area contributed by atoms with Crippen molar-refractivity contribution in [1.82, 2.24) is 30.4 Å². The van der Waals surface area contributed by atoms with Gasteiger partial charge in [0.05, 0.1) is 0 Å². The van der Waals surface area contributed by atoms with E-state index >= 15 is 0 Å². The van der Waals surface area contributed by atoms with E-state index < -0.39 is 35.0 Å². The number of aliphatic hydroxyl groups is 1. The number of benzene rings is 1. The number of aliphatic hydroxyl groups excluding tert-OH is 1. The molecule has 1 fully saturated rings. The number of thioether (sulfide) groups is 2. The lowest BCUT2D eigenvalue weighted by Crippen LogP contribution is -2.81. The summed E-state index contributed by atoms with van der Waals surface area (Å²) in [6, 6.07) is 8.25. The van der Waals surface area contributed by atoms with Crippen molar-refractivity contribution in [2.45, 2.75) is 22.4 Å². The third kappa shape index (κ3) is 3.99. The molecule has 1 aromatic heterocycles. The van der Waals surface area contributed by atoms with E-state index in [1.165, 1.54) is 35.3 Å². The van der Waals surface area contributed by atoms with Gasteiger partial charge >= 0.3 is 5.97 Å². The normalized spacial score (nSPS) is 23.1. The second-order valence-corrected chi connectivity index (χ2v) is 9.22. The number of aliphatic carboxylic acids is 1. The van der Waals surface area contributed by atoms with Crippen LogP contribution >= 0.6 is 23.5 Å². The average Bonchev–Trinajstić information content (AvgIpc) is 3.24. The van der Waals surface area contributed by atoms with Crippen LogP contribution in [0.15, 0.2) is 46.8 Å². The van der Waals surface area contributed by atoms with E-state index in [0.717, 1.165) is 4.90 Å². The Balaban J connectivity index is 1.55. The summed E-state index contributed by atoms with van der Waals surface area (Å²) in [6.45, 7) is 0. The Labute approximate surface area is 196 Å². The molecular formula is C19H20N6O6S2. The predicted molar refractivity (Wildman–Crippen MR) is 117 cm³/mol. The van der Waals surface area contributed by atoms with Crippen molar-refractivity contribution in [3.8, 4) is 0 Å². The van der Waals surface area contributed by atoms with Gasteiger partial charge in [-0.25, -0.2) is 9.48 Å². The summed E-state index contributed by atoms with van der Waals surface area (Å²) in [4.78, 5) is 39.0. The number of rotatable bonds is 8. The molecule has 0 radical (unpaired) electrons. The van der Waals surface area contributed by atoms with Gasteiger partial charge in [-0.2, -0.15) is 0 Å². The third-order valence-electron chi connectivity index (χ3n) is 5.26. The number of carboxylic acid groups (broad SMARTS) is 1. The highest BCUT2D eigenvalue weighted by molar-refractivity contribution is 8.01. The number of amides is 2. The van der Waals surface area contributed by atoms with Crippen LogP contribution in [0, 0.1) is 0 Å². The molecule has 2 aliphatic heterocycles. The molecule has 3 heterocycles. The van der Waals surface area contributed by atoms with Crippen molar-refractivity contribution in [2.24, 2.45) is 7.05 Å². The number of nitrogens with one attached hydrogen (secondary N) is 1. The minimum Gasteiger partial charge on any atom is -0.477 e. The number of hydrogen-bond donors (Lipinski definition) is 3. The minimum absolute atomic E-state index is 0.156. The van der Waals surface area contributed by atoms with Crippen LogP contribution in [0.2, 0.25) is 0 Å². The van der Waals surface area contributed by atoms with E-state index in [-0.39, 0.29) is 17.2 Å². The second kappa shape index (κ2) is 9.13. The number of hydrogen-bond acceptors (Lipinski definition) is 10. The Morgan fingerprint density at radius 2 is 2.12 bits per heavy atom. The van der Waals surface area contributed by atoms with Gasteiger partial charge in [-0.15, -0.1) is 16.9 Å². The average molecular weight is 493 g/mol. The van der Waals surface area contributed by atoms with Gasteiger partial charge in [0, 0.05) is 25.7 Å². The lowest BCUT2D eigenvalue weighted by atomic mass is 9.97. The Morgan fingerprint density at radius 1 is 1.39 bits per heavy atom. The van der Waals surface area contributed by atoms with E-state index in [4.69, 9.17) is 4.74 Å². The topological polar surface area (TPSA) is 160 Å². The molecule has 33 heavy (non-hydrogen) atoms. The Kier molecular flexibility index (Phi) is 6.43. The summed E-state index contributed by atoms with van der Waals surface area (Å²) in [6.07, 6.45) is -1.52. The molecule has 0 aliphatic carbocycles. The van der Waals surface area contributed by atoms with E-state index in [9.17, 15) is 24.6 Å². The van der Waals surface area contributed by atoms with Gasteiger partial charge in [0.25, 0.3) is 17.5 Å². The zero-order valence-corrected chi connectivity index (χ0v) is 19.2. The van der Waals surface area contributed by atoms with Crippen LogP contribution in [0.4, 0.5) is 0 Å². The first-order valence-electron chi connectivity index (χ1n) is 9.66. The number of carbonyl (C=O) groups is 3. The molecule has 0 bridgehead atoms. The van der Waals surface area contributed by atoms with Gasteiger partial charge < -0.3 is 20.3 Å². The Morgan fingerprint density at radius 3 is 2.73 bits per heavy atom. The van der Waals surface area contributed by atoms with E-state index in [0.29, 0.717) is 16.3 Å². The van der Waals surface area contributed by atoms with Gasteiger partial charge in [0.1, 0.15) is 11.1 Å². The first-order valence-corrected chi connectivity index (χ1v) is 11.7. The predicted octanol–water partition coefficient (Wildman–Crippen LogP) is -0.252. The molecule has 1 aromatic carbocycles. The maximum absolute atomic E-state index is 13.1. The third-order valence-corrected chi connectivity index (χ3v) is 7.73. The lowest BCUT2D eigenvalue weighted by Gasteiger charge is -2.55. The van der Waals surface area contributed by atoms with Gasteiger partial charge in [-0.3, -0.25) is 14.5 Å². The van der Waals surface area contributed by atoms with Crippen LogP contribution in [0.3, 0.4) is 0 Å². The monoisotopic (exact) mass is 492 g/mol. The molecule has 0 spiro atoms. The largest absolute Gasteiger partial charge is 0.477 e. The number of fused-ring (bicyclic) bond motifs is 1. The number of β-lactam (4-membered cyclic amide) rings is 1. The molecule has 2 aliphatic rings. The van der Waals surface area contributed by atoms with Crippen LogP contribution in [0.5, 0.6) is 0 Å². The number of ether oxygens (including phenoxy) is 1.